The van der Waals surface area contributed by atoms with Crippen LogP contribution in [0, 0.1) is 0 Å². The number of carbonyl (C=O) groups excluding carboxylic acids is 1. The second-order valence-electron chi connectivity index (χ2n) is 2.53. The van der Waals surface area contributed by atoms with Gasteiger partial charge >= 0.3 is 0 Å². The van der Waals surface area contributed by atoms with Gasteiger partial charge in [-0.05, 0) is 13.8 Å². The summed E-state index contributed by atoms with van der Waals surface area (Å²) in [6.45, 7) is 5.90. The second-order valence-corrected chi connectivity index (χ2v) is 2.53. The molecule has 0 bridgehead atoms. The molecule has 0 heterocycles. The van der Waals surface area contributed by atoms with Crippen molar-refractivity contribution < 1.29 is 4.79 Å². The first-order valence-corrected chi connectivity index (χ1v) is 4.01. The van der Waals surface area contributed by atoms with E-state index < -0.39 is 0 Å². The number of carbonyl (C=O) groups is 1. The third kappa shape index (κ3) is 5.59. The zero-order valence-corrected chi connectivity index (χ0v) is 7.55. The zero-order valence-electron chi connectivity index (χ0n) is 7.55. The molecule has 0 saturated carbocycles. The Balaban J connectivity index is 3.69. The molecule has 0 aliphatic heterocycles. The summed E-state index contributed by atoms with van der Waals surface area (Å²) in [6, 6.07) is 0. The molecule has 0 aliphatic carbocycles. The highest BCUT2D eigenvalue weighted by Crippen LogP contribution is 1.97. The summed E-state index contributed by atoms with van der Waals surface area (Å²) in [5, 5.41) is 0. The molecule has 1 nitrogen and oxygen atoms in total. The number of allylic oxidation sites excluding steroid dienone is 4. The van der Waals surface area contributed by atoms with Gasteiger partial charge in [-0.25, -0.2) is 0 Å². The Morgan fingerprint density at radius 2 is 2.09 bits per heavy atom. The first-order chi connectivity index (χ1) is 5.20. The van der Waals surface area contributed by atoms with E-state index in [2.05, 4.69) is 0 Å². The number of rotatable bonds is 4. The van der Waals surface area contributed by atoms with E-state index in [4.69, 9.17) is 0 Å². The zero-order chi connectivity index (χ0) is 8.69. The fourth-order valence-corrected chi connectivity index (χ4v) is 0.617. The van der Waals surface area contributed by atoms with E-state index in [0.717, 1.165) is 0 Å². The van der Waals surface area contributed by atoms with Gasteiger partial charge in [0.05, 0.1) is 0 Å². The van der Waals surface area contributed by atoms with Crippen LogP contribution in [0.2, 0.25) is 0 Å². The SMILES string of the molecule is C/C=C(C)\C=C/CC(=O)CC. The van der Waals surface area contributed by atoms with E-state index in [0.29, 0.717) is 18.6 Å². The van der Waals surface area contributed by atoms with Gasteiger partial charge in [0.1, 0.15) is 5.78 Å². The number of Topliss-reactive ketones (excluding diaryl/α,β-unsaturated/α-hetero) is 1. The average Bonchev–Trinajstić information content (AvgIpc) is 2.04. The molecule has 0 aromatic carbocycles. The number of hydrogen-bond acceptors (Lipinski definition) is 1. The third-order valence-corrected chi connectivity index (χ3v) is 1.58. The minimum atomic E-state index is 0.296. The standard InChI is InChI=1S/C10H16O/c1-4-9(3)7-6-8-10(11)5-2/h4,6-7H,5,8H2,1-3H3/b7-6-,9-4-. The van der Waals surface area contributed by atoms with Gasteiger partial charge in [-0.15, -0.1) is 0 Å². The molecule has 62 valence electrons. The molecular weight excluding hydrogens is 136 g/mol. The van der Waals surface area contributed by atoms with Crippen molar-refractivity contribution in [3.63, 3.8) is 0 Å². The fourth-order valence-electron chi connectivity index (χ4n) is 0.617. The Morgan fingerprint density at radius 3 is 2.55 bits per heavy atom. The second kappa shape index (κ2) is 5.90. The van der Waals surface area contributed by atoms with Gasteiger partial charge in [-0.3, -0.25) is 4.79 Å². The molecule has 1 heteroatoms. The van der Waals surface area contributed by atoms with Crippen LogP contribution in [-0.2, 0) is 4.79 Å². The van der Waals surface area contributed by atoms with Crippen molar-refractivity contribution in [2.24, 2.45) is 0 Å². The van der Waals surface area contributed by atoms with Crippen LogP contribution in [-0.4, -0.2) is 5.78 Å². The Labute approximate surface area is 68.8 Å². The van der Waals surface area contributed by atoms with Crippen LogP contribution in [0.3, 0.4) is 0 Å². The lowest BCUT2D eigenvalue weighted by Gasteiger charge is -1.89. The van der Waals surface area contributed by atoms with E-state index >= 15 is 0 Å². The Kier molecular flexibility index (Phi) is 5.44. The van der Waals surface area contributed by atoms with Crippen LogP contribution in [0.15, 0.2) is 23.8 Å². The fraction of sp³-hybridized carbons (Fsp3) is 0.500. The lowest BCUT2D eigenvalue weighted by molar-refractivity contribution is -0.117. The van der Waals surface area contributed by atoms with E-state index in [1.165, 1.54) is 5.57 Å². The van der Waals surface area contributed by atoms with Gasteiger partial charge in [0.15, 0.2) is 0 Å². The van der Waals surface area contributed by atoms with Crippen molar-refractivity contribution in [1.82, 2.24) is 0 Å². The van der Waals surface area contributed by atoms with Crippen molar-refractivity contribution in [2.75, 3.05) is 0 Å². The normalized spacial score (nSPS) is 12.5. The molecule has 11 heavy (non-hydrogen) atoms. The van der Waals surface area contributed by atoms with Crippen molar-refractivity contribution in [1.29, 1.82) is 0 Å². The van der Waals surface area contributed by atoms with Crippen molar-refractivity contribution in [3.05, 3.63) is 23.8 Å². The molecule has 0 amide bonds. The third-order valence-electron chi connectivity index (χ3n) is 1.58. The van der Waals surface area contributed by atoms with Crippen LogP contribution in [0.4, 0.5) is 0 Å². The molecule has 0 N–H and O–H groups in total. The van der Waals surface area contributed by atoms with Gasteiger partial charge in [0, 0.05) is 12.8 Å². The summed E-state index contributed by atoms with van der Waals surface area (Å²) in [7, 11) is 0. The van der Waals surface area contributed by atoms with E-state index in [1.54, 1.807) is 0 Å². The van der Waals surface area contributed by atoms with Gasteiger partial charge in [-0.1, -0.05) is 30.7 Å². The Hall–Kier alpha value is -0.850. The molecule has 0 aliphatic rings. The van der Waals surface area contributed by atoms with Gasteiger partial charge in [0.25, 0.3) is 0 Å². The minimum Gasteiger partial charge on any atom is -0.299 e. The summed E-state index contributed by atoms with van der Waals surface area (Å²) >= 11 is 0. The van der Waals surface area contributed by atoms with E-state index in [1.807, 2.05) is 39.0 Å². The van der Waals surface area contributed by atoms with Crippen LogP contribution < -0.4 is 0 Å². The number of ketones is 1. The van der Waals surface area contributed by atoms with Crippen LogP contribution in [0.25, 0.3) is 0 Å². The summed E-state index contributed by atoms with van der Waals surface area (Å²) < 4.78 is 0. The van der Waals surface area contributed by atoms with Crippen molar-refractivity contribution in [2.45, 2.75) is 33.6 Å². The Morgan fingerprint density at radius 1 is 1.45 bits per heavy atom. The Bertz CT molecular complexity index is 175. The molecule has 0 aromatic rings. The lowest BCUT2D eigenvalue weighted by Crippen LogP contribution is -1.90. The molecule has 0 radical (unpaired) electrons. The molecule has 0 aromatic heterocycles. The lowest BCUT2D eigenvalue weighted by atomic mass is 10.2. The van der Waals surface area contributed by atoms with Crippen LogP contribution >= 0.6 is 0 Å². The smallest absolute Gasteiger partial charge is 0.136 e. The first kappa shape index (κ1) is 10.2. The molecule has 0 fully saturated rings. The highest BCUT2D eigenvalue weighted by Gasteiger charge is 1.91. The summed E-state index contributed by atoms with van der Waals surface area (Å²) in [5.74, 6) is 0.296. The largest absolute Gasteiger partial charge is 0.299 e. The molecule has 0 atom stereocenters. The molecular formula is C10H16O. The quantitative estimate of drug-likeness (QED) is 0.566. The van der Waals surface area contributed by atoms with Gasteiger partial charge in [-0.2, -0.15) is 0 Å². The minimum absolute atomic E-state index is 0.296. The predicted molar refractivity (Wildman–Crippen MR) is 48.5 cm³/mol. The van der Waals surface area contributed by atoms with Gasteiger partial charge in [0.2, 0.25) is 0 Å². The van der Waals surface area contributed by atoms with E-state index in [9.17, 15) is 4.79 Å². The van der Waals surface area contributed by atoms with E-state index in [-0.39, 0.29) is 0 Å². The van der Waals surface area contributed by atoms with Crippen molar-refractivity contribution >= 4 is 5.78 Å². The predicted octanol–water partition coefficient (Wildman–Crippen LogP) is 2.88. The maximum Gasteiger partial charge on any atom is 0.136 e. The van der Waals surface area contributed by atoms with Crippen molar-refractivity contribution in [3.8, 4) is 0 Å². The molecule has 0 rings (SSSR count). The molecule has 0 unspecified atom stereocenters. The maximum absolute atomic E-state index is 10.8. The maximum atomic E-state index is 10.8. The average molecular weight is 152 g/mol. The summed E-state index contributed by atoms with van der Waals surface area (Å²) in [5.41, 5.74) is 1.20. The monoisotopic (exact) mass is 152 g/mol. The highest BCUT2D eigenvalue weighted by molar-refractivity contribution is 5.79. The summed E-state index contributed by atoms with van der Waals surface area (Å²) in [6.07, 6.45) is 7.13. The van der Waals surface area contributed by atoms with Crippen LogP contribution in [0.5, 0.6) is 0 Å². The summed E-state index contributed by atoms with van der Waals surface area (Å²) in [4.78, 5) is 10.8. The van der Waals surface area contributed by atoms with Crippen LogP contribution in [0.1, 0.15) is 33.6 Å². The molecule has 0 spiro atoms. The number of hydrogen-bond donors (Lipinski definition) is 0. The topological polar surface area (TPSA) is 17.1 Å². The first-order valence-electron chi connectivity index (χ1n) is 4.01. The highest BCUT2D eigenvalue weighted by atomic mass is 16.1. The van der Waals surface area contributed by atoms with Gasteiger partial charge < -0.3 is 0 Å². The molecule has 0 saturated heterocycles.